The standard InChI is InChI=1S/C26H21N9O8S4/c1-10-5-14(35-26(28-10)31-19(32-35)24(41)42)45-7-11-8-46-22-17(21(38)34(22)18(11)23(39)40)30-20(37)16(13-9-47-25(27)29-13)33-43-15(36)6-12-3-2-4-44-12/h2-5,9,17,22H,6-8H2,1H3,(H2,27,29)(H,30,37)(H,39,40)(H,41,42)/t17-,22-/m1/s1. The fourth-order valence-corrected chi connectivity index (χ4v) is 8.37. The van der Waals surface area contributed by atoms with Crippen molar-refractivity contribution in [2.45, 2.75) is 29.8 Å². The number of thiophene rings is 1. The van der Waals surface area contributed by atoms with Gasteiger partial charge in [0.2, 0.25) is 0 Å². The lowest BCUT2D eigenvalue weighted by Crippen LogP contribution is -2.71. The van der Waals surface area contributed by atoms with Gasteiger partial charge in [-0.05, 0) is 30.0 Å². The summed E-state index contributed by atoms with van der Waals surface area (Å²) in [5.41, 5.74) is 6.14. The molecule has 0 aromatic carbocycles. The SMILES string of the molecule is Cc1cc(SCC2=C(C(=O)O)N3C(=O)[C@@H](NC(=O)C(=NOC(=O)Cc4cccs4)c4csc(N)n4)[C@H]3SC2)n2nc(C(=O)O)nc2n1. The summed E-state index contributed by atoms with van der Waals surface area (Å²) in [7, 11) is 0. The monoisotopic (exact) mass is 715 g/mol. The average molecular weight is 716 g/mol. The number of amides is 2. The second-order valence-electron chi connectivity index (χ2n) is 9.83. The van der Waals surface area contributed by atoms with Crippen LogP contribution in [0, 0.1) is 6.92 Å². The van der Waals surface area contributed by atoms with E-state index in [1.54, 1.807) is 30.5 Å². The minimum absolute atomic E-state index is 0.0302. The largest absolute Gasteiger partial charge is 0.477 e. The number of aryl methyl sites for hydroxylation is 1. The van der Waals surface area contributed by atoms with Crippen LogP contribution in [0.1, 0.15) is 26.9 Å². The molecule has 6 heterocycles. The minimum atomic E-state index is -1.33. The number of β-lactam (4-membered cyclic amide) rings is 1. The van der Waals surface area contributed by atoms with Crippen molar-refractivity contribution in [3.63, 3.8) is 0 Å². The number of nitrogen functional groups attached to an aromatic ring is 1. The Labute approximate surface area is 279 Å². The van der Waals surface area contributed by atoms with Gasteiger partial charge in [0.25, 0.3) is 23.4 Å². The summed E-state index contributed by atoms with van der Waals surface area (Å²) in [6.45, 7) is 1.70. The molecule has 21 heteroatoms. The zero-order valence-electron chi connectivity index (χ0n) is 23.8. The van der Waals surface area contributed by atoms with Crippen molar-refractivity contribution < 1.29 is 39.0 Å². The Morgan fingerprint density at radius 3 is 2.68 bits per heavy atom. The first-order valence-corrected chi connectivity index (χ1v) is 17.1. The predicted molar refractivity (Wildman–Crippen MR) is 170 cm³/mol. The maximum Gasteiger partial charge on any atom is 0.375 e. The minimum Gasteiger partial charge on any atom is -0.477 e. The van der Waals surface area contributed by atoms with Crippen LogP contribution >= 0.6 is 46.2 Å². The van der Waals surface area contributed by atoms with E-state index in [4.69, 9.17) is 10.6 Å². The molecule has 0 unspecified atom stereocenters. The Balaban J connectivity index is 1.18. The second kappa shape index (κ2) is 13.1. The van der Waals surface area contributed by atoms with E-state index in [1.807, 2.05) is 0 Å². The molecule has 0 radical (unpaired) electrons. The normalized spacial score (nSPS) is 17.8. The number of nitrogens with one attached hydrogen (secondary N) is 1. The number of hydrogen-bond donors (Lipinski definition) is 4. The molecule has 242 valence electrons. The molecule has 17 nitrogen and oxygen atoms in total. The fourth-order valence-electron chi connectivity index (χ4n) is 4.60. The molecule has 5 N–H and O–H groups in total. The predicted octanol–water partition coefficient (Wildman–Crippen LogP) is 1.25. The quantitative estimate of drug-likeness (QED) is 0.0426. The molecule has 47 heavy (non-hydrogen) atoms. The smallest absolute Gasteiger partial charge is 0.375 e. The Morgan fingerprint density at radius 2 is 2.00 bits per heavy atom. The zero-order chi connectivity index (χ0) is 33.4. The van der Waals surface area contributed by atoms with Gasteiger partial charge in [-0.25, -0.2) is 24.4 Å². The molecule has 1 saturated heterocycles. The average Bonchev–Trinajstić information content (AvgIpc) is 3.80. The van der Waals surface area contributed by atoms with Crippen LogP contribution < -0.4 is 11.1 Å². The molecule has 4 aromatic rings. The highest BCUT2D eigenvalue weighted by Gasteiger charge is 2.54. The number of carbonyl (C=O) groups excluding carboxylic acids is 3. The molecule has 2 aliphatic rings. The van der Waals surface area contributed by atoms with E-state index in [1.165, 1.54) is 44.8 Å². The molecule has 0 spiro atoms. The van der Waals surface area contributed by atoms with E-state index < -0.39 is 47.0 Å². The van der Waals surface area contributed by atoms with Gasteiger partial charge in [-0.1, -0.05) is 11.2 Å². The number of oxime groups is 1. The Hall–Kier alpha value is -4.86. The van der Waals surface area contributed by atoms with Crippen molar-refractivity contribution in [3.8, 4) is 0 Å². The van der Waals surface area contributed by atoms with E-state index in [-0.39, 0.29) is 45.9 Å². The second-order valence-corrected chi connectivity index (χ2v) is 13.8. The van der Waals surface area contributed by atoms with Gasteiger partial charge >= 0.3 is 17.9 Å². The molecule has 2 aliphatic heterocycles. The number of carbonyl (C=O) groups is 5. The number of nitrogens with two attached hydrogens (primary N) is 1. The van der Waals surface area contributed by atoms with Crippen LogP contribution in [0.3, 0.4) is 0 Å². The van der Waals surface area contributed by atoms with Crippen molar-refractivity contribution in [1.29, 1.82) is 0 Å². The van der Waals surface area contributed by atoms with E-state index in [0.717, 1.165) is 21.1 Å². The van der Waals surface area contributed by atoms with Crippen molar-refractivity contribution in [1.82, 2.24) is 34.8 Å². The first-order chi connectivity index (χ1) is 22.5. The van der Waals surface area contributed by atoms with Crippen LogP contribution in [-0.2, 0) is 30.4 Å². The lowest BCUT2D eigenvalue weighted by Gasteiger charge is -2.49. The van der Waals surface area contributed by atoms with Gasteiger partial charge in [-0.15, -0.1) is 51.3 Å². The van der Waals surface area contributed by atoms with Crippen LogP contribution in [0.5, 0.6) is 0 Å². The highest BCUT2D eigenvalue weighted by atomic mass is 32.2. The molecular formula is C26H21N9O8S4. The van der Waals surface area contributed by atoms with Crippen LogP contribution in [0.4, 0.5) is 5.13 Å². The van der Waals surface area contributed by atoms with E-state index in [2.05, 4.69) is 30.5 Å². The summed E-state index contributed by atoms with van der Waals surface area (Å²) in [4.78, 5) is 81.7. The van der Waals surface area contributed by atoms with Gasteiger partial charge in [0, 0.05) is 27.5 Å². The summed E-state index contributed by atoms with van der Waals surface area (Å²) >= 11 is 4.82. The van der Waals surface area contributed by atoms with Crippen molar-refractivity contribution in [3.05, 3.63) is 62.3 Å². The van der Waals surface area contributed by atoms with Crippen LogP contribution in [0.25, 0.3) is 5.78 Å². The number of thioether (sulfide) groups is 2. The van der Waals surface area contributed by atoms with Crippen LogP contribution in [-0.4, -0.2) is 98.0 Å². The highest BCUT2D eigenvalue weighted by molar-refractivity contribution is 8.01. The molecular weight excluding hydrogens is 695 g/mol. The number of thiazole rings is 1. The van der Waals surface area contributed by atoms with Crippen molar-refractivity contribution in [2.75, 3.05) is 17.2 Å². The molecule has 0 saturated carbocycles. The summed E-state index contributed by atoms with van der Waals surface area (Å²) < 4.78 is 1.26. The van der Waals surface area contributed by atoms with Crippen LogP contribution in [0.2, 0.25) is 0 Å². The van der Waals surface area contributed by atoms with Gasteiger partial charge in [0.05, 0.1) is 6.42 Å². The van der Waals surface area contributed by atoms with Gasteiger partial charge in [0.1, 0.15) is 27.8 Å². The van der Waals surface area contributed by atoms with E-state index in [9.17, 15) is 34.2 Å². The number of aromatic carboxylic acids is 1. The Bertz CT molecular complexity index is 2010. The number of aromatic nitrogens is 5. The fraction of sp³-hybridized carbons (Fsp3) is 0.231. The first-order valence-electron chi connectivity index (χ1n) is 13.3. The number of carboxylic acid groups (broad SMARTS) is 2. The maximum absolute atomic E-state index is 13.3. The number of hydrogen-bond acceptors (Lipinski definition) is 16. The molecule has 6 rings (SSSR count). The summed E-state index contributed by atoms with van der Waals surface area (Å²) in [6.07, 6.45) is -0.0666. The van der Waals surface area contributed by atoms with E-state index >= 15 is 0 Å². The van der Waals surface area contributed by atoms with Crippen molar-refractivity contribution in [2.24, 2.45) is 5.16 Å². The summed E-state index contributed by atoms with van der Waals surface area (Å²) in [5, 5.41) is 32.8. The molecule has 2 amide bonds. The number of nitrogens with zero attached hydrogens (tertiary/aromatic N) is 7. The lowest BCUT2D eigenvalue weighted by molar-refractivity contribution is -0.150. The molecule has 1 fully saturated rings. The van der Waals surface area contributed by atoms with Gasteiger partial charge < -0.3 is 26.1 Å². The topological polar surface area (TPSA) is 245 Å². The number of aliphatic carboxylic acids is 1. The lowest BCUT2D eigenvalue weighted by atomic mass is 10.0. The van der Waals surface area contributed by atoms with Gasteiger partial charge in [-0.2, -0.15) is 9.50 Å². The number of fused-ring (bicyclic) bond motifs is 2. The number of rotatable bonds is 11. The molecule has 2 atom stereocenters. The number of anilines is 1. The summed E-state index contributed by atoms with van der Waals surface area (Å²) in [5.74, 6) is -4.92. The zero-order valence-corrected chi connectivity index (χ0v) is 27.1. The first kappa shape index (κ1) is 32.1. The van der Waals surface area contributed by atoms with E-state index in [0.29, 0.717) is 16.3 Å². The molecule has 0 aliphatic carbocycles. The number of carboxylic acids is 2. The summed E-state index contributed by atoms with van der Waals surface area (Å²) in [6, 6.07) is 4.08. The maximum atomic E-state index is 13.3. The third-order valence-electron chi connectivity index (χ3n) is 6.65. The Morgan fingerprint density at radius 1 is 1.19 bits per heavy atom. The van der Waals surface area contributed by atoms with Crippen LogP contribution in [0.15, 0.2) is 50.4 Å². The van der Waals surface area contributed by atoms with Crippen molar-refractivity contribution >= 4 is 92.5 Å². The Kier molecular flexibility index (Phi) is 8.94. The third-order valence-corrected chi connectivity index (χ3v) is 10.6. The third kappa shape index (κ3) is 6.54. The molecule has 0 bridgehead atoms. The van der Waals surface area contributed by atoms with Gasteiger partial charge in [-0.3, -0.25) is 14.5 Å². The highest BCUT2D eigenvalue weighted by Crippen LogP contribution is 2.41. The van der Waals surface area contributed by atoms with Gasteiger partial charge in [0.15, 0.2) is 10.8 Å². The molecule has 4 aromatic heterocycles.